The van der Waals surface area contributed by atoms with E-state index in [2.05, 4.69) is 12.6 Å². The van der Waals surface area contributed by atoms with Gasteiger partial charge in [0.1, 0.15) is 42.1 Å². The van der Waals surface area contributed by atoms with Crippen LogP contribution >= 0.6 is 11.3 Å². The molecule has 254 valence electrons. The number of thiophene rings is 1. The fourth-order valence-corrected chi connectivity index (χ4v) is 7.89. The van der Waals surface area contributed by atoms with Gasteiger partial charge in [-0.2, -0.15) is 5.10 Å². The Morgan fingerprint density at radius 3 is 2.69 bits per heavy atom. The molecule has 0 saturated carbocycles. The van der Waals surface area contributed by atoms with E-state index < -0.39 is 18.3 Å². The van der Waals surface area contributed by atoms with Crippen molar-refractivity contribution in [1.82, 2.24) is 24.6 Å². The van der Waals surface area contributed by atoms with E-state index in [0.717, 1.165) is 38.5 Å². The van der Waals surface area contributed by atoms with Gasteiger partial charge in [0.05, 0.1) is 36.1 Å². The molecular formula is C37H36F3N5O3S. The lowest BCUT2D eigenvalue weighted by atomic mass is 9.91. The monoisotopic (exact) mass is 687 g/mol. The predicted molar refractivity (Wildman–Crippen MR) is 184 cm³/mol. The molecule has 2 unspecified atom stereocenters. The summed E-state index contributed by atoms with van der Waals surface area (Å²) in [5.41, 5.74) is 5.92. The Morgan fingerprint density at radius 2 is 1.92 bits per heavy atom. The number of alkyl halides is 1. The Balaban J connectivity index is 1.46. The number of amides is 1. The Bertz CT molecular complexity index is 2080. The van der Waals surface area contributed by atoms with Gasteiger partial charge in [0.25, 0.3) is 0 Å². The first-order valence-corrected chi connectivity index (χ1v) is 17.0. The quantitative estimate of drug-likeness (QED) is 0.121. The fraction of sp³-hybridized carbons (Fsp3) is 0.324. The largest absolute Gasteiger partial charge is 0.490 e. The van der Waals surface area contributed by atoms with Crippen LogP contribution in [0.15, 0.2) is 60.5 Å². The van der Waals surface area contributed by atoms with Crippen LogP contribution in [0.4, 0.5) is 13.2 Å². The fourth-order valence-electron chi connectivity index (χ4n) is 6.94. The first-order valence-electron chi connectivity index (χ1n) is 16.1. The molecule has 2 atom stereocenters. The zero-order chi connectivity index (χ0) is 34.4. The first-order chi connectivity index (χ1) is 23.7. The molecule has 8 nitrogen and oxygen atoms in total. The van der Waals surface area contributed by atoms with Crippen LogP contribution in [0.5, 0.6) is 5.75 Å². The van der Waals surface area contributed by atoms with Crippen molar-refractivity contribution in [3.05, 3.63) is 89.0 Å². The number of hydrogen-bond donors (Lipinski definition) is 0. The molecule has 3 aromatic heterocycles. The average molecular weight is 688 g/mol. The third kappa shape index (κ3) is 5.91. The summed E-state index contributed by atoms with van der Waals surface area (Å²) in [4.78, 5) is 21.6. The molecule has 49 heavy (non-hydrogen) atoms. The summed E-state index contributed by atoms with van der Waals surface area (Å²) in [5.74, 6) is -1.71. The number of rotatable bonds is 9. The molecular weight excluding hydrogens is 652 g/mol. The van der Waals surface area contributed by atoms with E-state index in [-0.39, 0.29) is 42.5 Å². The highest BCUT2D eigenvalue weighted by Gasteiger charge is 2.32. The smallest absolute Gasteiger partial charge is 0.246 e. The molecule has 2 aliphatic rings. The van der Waals surface area contributed by atoms with Crippen LogP contribution in [-0.4, -0.2) is 77.1 Å². The Hall–Kier alpha value is -4.52. The lowest BCUT2D eigenvalue weighted by Gasteiger charge is -2.33. The number of hydrogen-bond acceptors (Lipinski definition) is 7. The molecule has 0 aliphatic carbocycles. The number of benzene rings is 2. The Kier molecular flexibility index (Phi) is 9.03. The van der Waals surface area contributed by atoms with Gasteiger partial charge in [0.2, 0.25) is 5.91 Å². The van der Waals surface area contributed by atoms with Crippen molar-refractivity contribution in [3.63, 3.8) is 0 Å². The minimum atomic E-state index is -0.794. The predicted octanol–water partition coefficient (Wildman–Crippen LogP) is 7.21. The number of likely N-dealkylation sites (N-methyl/N-ethyl adjacent to an activating group) is 1. The summed E-state index contributed by atoms with van der Waals surface area (Å²) in [6.45, 7) is 6.98. The third-order valence-corrected chi connectivity index (χ3v) is 10.5. The summed E-state index contributed by atoms with van der Waals surface area (Å²) < 4.78 is 58.2. The first kappa shape index (κ1) is 33.0. The van der Waals surface area contributed by atoms with Crippen molar-refractivity contribution in [2.45, 2.75) is 38.5 Å². The van der Waals surface area contributed by atoms with E-state index in [1.54, 1.807) is 4.90 Å². The third-order valence-electron chi connectivity index (χ3n) is 9.54. The summed E-state index contributed by atoms with van der Waals surface area (Å²) >= 11 is 1.42. The molecule has 2 aromatic carbocycles. The van der Waals surface area contributed by atoms with Gasteiger partial charge in [-0.25, -0.2) is 18.2 Å². The zero-order valence-corrected chi connectivity index (χ0v) is 28.3. The number of aromatic nitrogens is 3. The van der Waals surface area contributed by atoms with Crippen LogP contribution in [0.2, 0.25) is 0 Å². The molecule has 0 saturated heterocycles. The van der Waals surface area contributed by atoms with Crippen LogP contribution in [0, 0.1) is 11.6 Å². The van der Waals surface area contributed by atoms with Crippen molar-refractivity contribution in [2.24, 2.45) is 0 Å². The maximum atomic E-state index is 16.1. The lowest BCUT2D eigenvalue weighted by Crippen LogP contribution is -2.40. The zero-order valence-electron chi connectivity index (χ0n) is 27.5. The van der Waals surface area contributed by atoms with Gasteiger partial charge >= 0.3 is 0 Å². The van der Waals surface area contributed by atoms with Gasteiger partial charge < -0.3 is 14.4 Å². The maximum Gasteiger partial charge on any atom is 0.246 e. The molecule has 0 bridgehead atoms. The van der Waals surface area contributed by atoms with Crippen LogP contribution in [0.1, 0.15) is 29.8 Å². The second-order valence-corrected chi connectivity index (χ2v) is 13.4. The number of fused-ring (bicyclic) bond motifs is 3. The Labute approximate surface area is 286 Å². The number of halogens is 3. The topological polar surface area (TPSA) is 72.7 Å². The highest BCUT2D eigenvalue weighted by molar-refractivity contribution is 7.18. The summed E-state index contributed by atoms with van der Waals surface area (Å²) in [6.07, 6.45) is 1.92. The second-order valence-electron chi connectivity index (χ2n) is 12.4. The molecule has 0 N–H and O–H groups in total. The summed E-state index contributed by atoms with van der Waals surface area (Å²) in [6, 6.07) is 11.5. The maximum absolute atomic E-state index is 16.1. The van der Waals surface area contributed by atoms with Crippen LogP contribution in [-0.2, 0) is 29.0 Å². The van der Waals surface area contributed by atoms with E-state index in [0.29, 0.717) is 48.7 Å². The van der Waals surface area contributed by atoms with Gasteiger partial charge in [-0.3, -0.25) is 14.4 Å². The molecule has 0 spiro atoms. The van der Waals surface area contributed by atoms with E-state index >= 15 is 4.39 Å². The van der Waals surface area contributed by atoms with Crippen LogP contribution < -0.4 is 4.74 Å². The molecule has 2 aliphatic heterocycles. The summed E-state index contributed by atoms with van der Waals surface area (Å²) in [5, 5.41) is 7.67. The van der Waals surface area contributed by atoms with E-state index in [1.807, 2.05) is 53.2 Å². The van der Waals surface area contributed by atoms with Gasteiger partial charge in [0, 0.05) is 59.6 Å². The molecule has 5 aromatic rings. The number of nitrogens with zero attached hydrogens (tertiary/aromatic N) is 5. The van der Waals surface area contributed by atoms with E-state index in [9.17, 15) is 13.6 Å². The minimum absolute atomic E-state index is 0.0272. The van der Waals surface area contributed by atoms with Crippen molar-refractivity contribution in [3.8, 4) is 39.5 Å². The van der Waals surface area contributed by atoms with Crippen molar-refractivity contribution in [2.75, 3.05) is 40.6 Å². The molecule has 0 radical (unpaired) electrons. The number of pyridine rings is 1. The molecule has 12 heteroatoms. The average Bonchev–Trinajstić information content (AvgIpc) is 3.76. The van der Waals surface area contributed by atoms with Gasteiger partial charge in [-0.1, -0.05) is 18.7 Å². The minimum Gasteiger partial charge on any atom is -0.490 e. The SMILES string of the molecule is C=CC(=O)N1CCn2nc(-c3nc(-c4ccc5c(c4)CN(C)C(CF)C5)c4ccsc4c3-c3c(F)cc(F)cc3OCCOC)cc2C1C. The van der Waals surface area contributed by atoms with E-state index in [4.69, 9.17) is 19.6 Å². The van der Waals surface area contributed by atoms with Crippen molar-refractivity contribution < 1.29 is 27.4 Å². The highest BCUT2D eigenvalue weighted by Crippen LogP contribution is 2.47. The van der Waals surface area contributed by atoms with E-state index in [1.165, 1.54) is 30.6 Å². The molecule has 1 amide bonds. The normalized spacial score (nSPS) is 17.6. The lowest BCUT2D eigenvalue weighted by molar-refractivity contribution is -0.129. The number of methoxy groups -OCH3 is 1. The number of carbonyl (C=O) groups excluding carboxylic acids is 1. The Morgan fingerprint density at radius 1 is 1.08 bits per heavy atom. The van der Waals surface area contributed by atoms with Gasteiger partial charge in [-0.05, 0) is 61.2 Å². The van der Waals surface area contributed by atoms with Crippen LogP contribution in [0.25, 0.3) is 43.9 Å². The van der Waals surface area contributed by atoms with Gasteiger partial charge in [-0.15, -0.1) is 11.3 Å². The molecule has 5 heterocycles. The number of ether oxygens (including phenoxy) is 2. The molecule has 7 rings (SSSR count). The molecule has 0 fully saturated rings. The summed E-state index contributed by atoms with van der Waals surface area (Å²) in [7, 11) is 3.45. The second kappa shape index (κ2) is 13.4. The van der Waals surface area contributed by atoms with Crippen molar-refractivity contribution >= 4 is 27.3 Å². The van der Waals surface area contributed by atoms with Crippen LogP contribution in [0.3, 0.4) is 0 Å². The standard InChI is InChI=1S/C37H36F3N5O3S/c1-5-32(46)44-9-10-45-30(21(44)2)18-29(42-45)36-34(33-28(40)16-25(39)17-31(33)48-12-11-47-4)37-27(8-13-49-37)35(41-36)23-7-6-22-15-26(19-38)43(3)20-24(22)14-23/h5-8,13-14,16-18,21,26H,1,9-12,15,19-20H2,2-4H3. The van der Waals surface area contributed by atoms with Gasteiger partial charge in [0.15, 0.2) is 0 Å². The highest BCUT2D eigenvalue weighted by atomic mass is 32.1. The van der Waals surface area contributed by atoms with Crippen molar-refractivity contribution in [1.29, 1.82) is 0 Å². The number of carbonyl (C=O) groups is 1.